The number of likely N-dealkylation sites (N-methyl/N-ethyl adjacent to an activating group) is 1. The van der Waals surface area contributed by atoms with E-state index in [-0.39, 0.29) is 18.4 Å². The van der Waals surface area contributed by atoms with Gasteiger partial charge in [-0.3, -0.25) is 9.59 Å². The Kier molecular flexibility index (Phi) is 4.99. The van der Waals surface area contributed by atoms with E-state index in [0.717, 1.165) is 31.0 Å². The molecule has 2 heterocycles. The standard InChI is InChI=1S/C17H25N5O2/c1-18-15(23)10-19-17(24)16-13-11-21(2)8-3-9-22(13)14(20-16)7-6-12-4-5-12/h6-7,12H,3-5,8-11H2,1-2H3,(H,18,23)(H,19,24)/b7-6+. The van der Waals surface area contributed by atoms with E-state index in [4.69, 9.17) is 0 Å². The summed E-state index contributed by atoms with van der Waals surface area (Å²) in [5, 5.41) is 5.15. The molecule has 3 rings (SSSR count). The minimum atomic E-state index is -0.288. The highest BCUT2D eigenvalue weighted by Gasteiger charge is 2.25. The monoisotopic (exact) mass is 331 g/mol. The molecule has 24 heavy (non-hydrogen) atoms. The third kappa shape index (κ3) is 3.84. The molecule has 7 nitrogen and oxygen atoms in total. The highest BCUT2D eigenvalue weighted by molar-refractivity contribution is 5.96. The zero-order chi connectivity index (χ0) is 17.1. The molecule has 1 fully saturated rings. The van der Waals surface area contributed by atoms with E-state index in [0.29, 0.717) is 18.2 Å². The molecule has 0 unspecified atom stereocenters. The lowest BCUT2D eigenvalue weighted by molar-refractivity contribution is -0.119. The molecular weight excluding hydrogens is 306 g/mol. The van der Waals surface area contributed by atoms with Gasteiger partial charge in [-0.1, -0.05) is 6.08 Å². The summed E-state index contributed by atoms with van der Waals surface area (Å²) in [5.74, 6) is 0.998. The predicted molar refractivity (Wildman–Crippen MR) is 91.3 cm³/mol. The first-order valence-corrected chi connectivity index (χ1v) is 8.53. The largest absolute Gasteiger partial charge is 0.358 e. The van der Waals surface area contributed by atoms with Gasteiger partial charge >= 0.3 is 0 Å². The molecule has 0 radical (unpaired) electrons. The van der Waals surface area contributed by atoms with E-state index in [9.17, 15) is 9.59 Å². The van der Waals surface area contributed by atoms with Crippen LogP contribution in [-0.2, 0) is 17.9 Å². The molecule has 1 aliphatic carbocycles. The van der Waals surface area contributed by atoms with Crippen LogP contribution in [-0.4, -0.2) is 53.5 Å². The molecule has 0 bridgehead atoms. The summed E-state index contributed by atoms with van der Waals surface area (Å²) < 4.78 is 2.15. The van der Waals surface area contributed by atoms with Gasteiger partial charge in [-0.25, -0.2) is 4.98 Å². The van der Waals surface area contributed by atoms with Gasteiger partial charge in [-0.05, 0) is 44.8 Å². The van der Waals surface area contributed by atoms with Gasteiger partial charge in [0.2, 0.25) is 5.91 Å². The normalized spacial score (nSPS) is 18.2. The first-order valence-electron chi connectivity index (χ1n) is 8.53. The Bertz CT molecular complexity index is 660. The van der Waals surface area contributed by atoms with Crippen LogP contribution in [0.25, 0.3) is 6.08 Å². The minimum Gasteiger partial charge on any atom is -0.358 e. The molecule has 0 saturated heterocycles. The fraction of sp³-hybridized carbons (Fsp3) is 0.588. The lowest BCUT2D eigenvalue weighted by Crippen LogP contribution is -2.36. The molecule has 1 aromatic heterocycles. The molecule has 0 aromatic carbocycles. The third-order valence-electron chi connectivity index (χ3n) is 4.49. The molecular formula is C17H25N5O2. The lowest BCUT2D eigenvalue weighted by atomic mass is 10.3. The van der Waals surface area contributed by atoms with Crippen molar-refractivity contribution in [2.45, 2.75) is 32.4 Å². The van der Waals surface area contributed by atoms with Crippen LogP contribution in [0.5, 0.6) is 0 Å². The fourth-order valence-electron chi connectivity index (χ4n) is 2.90. The molecule has 2 N–H and O–H groups in total. The van der Waals surface area contributed by atoms with Crippen molar-refractivity contribution in [2.75, 3.05) is 27.2 Å². The first-order chi connectivity index (χ1) is 11.6. The lowest BCUT2D eigenvalue weighted by Gasteiger charge is -2.13. The number of allylic oxidation sites excluding steroid dienone is 1. The number of carbonyl (C=O) groups is 2. The Balaban J connectivity index is 1.86. The van der Waals surface area contributed by atoms with E-state index < -0.39 is 0 Å². The van der Waals surface area contributed by atoms with Crippen molar-refractivity contribution >= 4 is 17.9 Å². The zero-order valence-electron chi connectivity index (χ0n) is 14.3. The second-order valence-corrected chi connectivity index (χ2v) is 6.56. The summed E-state index contributed by atoms with van der Waals surface area (Å²) >= 11 is 0. The maximum atomic E-state index is 12.5. The maximum absolute atomic E-state index is 12.5. The number of nitrogens with zero attached hydrogens (tertiary/aromatic N) is 3. The average molecular weight is 331 g/mol. The van der Waals surface area contributed by atoms with Crippen molar-refractivity contribution in [1.82, 2.24) is 25.1 Å². The van der Waals surface area contributed by atoms with Crippen LogP contribution < -0.4 is 10.6 Å². The zero-order valence-corrected chi connectivity index (χ0v) is 14.3. The number of nitrogens with one attached hydrogen (secondary N) is 2. The van der Waals surface area contributed by atoms with Crippen LogP contribution in [0.1, 0.15) is 41.3 Å². The Labute approximate surface area is 142 Å². The SMILES string of the molecule is CNC(=O)CNC(=O)c1nc(/C=C/C2CC2)n2c1CN(C)CCC2. The van der Waals surface area contributed by atoms with Crippen molar-refractivity contribution in [2.24, 2.45) is 5.92 Å². The summed E-state index contributed by atoms with van der Waals surface area (Å²) in [5.41, 5.74) is 1.36. The van der Waals surface area contributed by atoms with Gasteiger partial charge in [-0.2, -0.15) is 0 Å². The molecule has 1 saturated carbocycles. The molecule has 1 aromatic rings. The Morgan fingerprint density at radius 3 is 2.83 bits per heavy atom. The van der Waals surface area contributed by atoms with Crippen LogP contribution in [0.3, 0.4) is 0 Å². The van der Waals surface area contributed by atoms with Crippen LogP contribution >= 0.6 is 0 Å². The third-order valence-corrected chi connectivity index (χ3v) is 4.49. The Morgan fingerprint density at radius 2 is 2.12 bits per heavy atom. The summed E-state index contributed by atoms with van der Waals surface area (Å²) in [7, 11) is 3.60. The van der Waals surface area contributed by atoms with Crippen molar-refractivity contribution in [3.63, 3.8) is 0 Å². The topological polar surface area (TPSA) is 79.3 Å². The van der Waals surface area contributed by atoms with E-state index in [1.54, 1.807) is 7.05 Å². The van der Waals surface area contributed by atoms with Crippen molar-refractivity contribution in [3.8, 4) is 0 Å². The van der Waals surface area contributed by atoms with Gasteiger partial charge in [0.15, 0.2) is 5.69 Å². The second kappa shape index (κ2) is 7.17. The molecule has 130 valence electrons. The van der Waals surface area contributed by atoms with Gasteiger partial charge in [-0.15, -0.1) is 0 Å². The molecule has 0 spiro atoms. The van der Waals surface area contributed by atoms with Gasteiger partial charge < -0.3 is 20.1 Å². The van der Waals surface area contributed by atoms with Gasteiger partial charge in [0.1, 0.15) is 5.82 Å². The molecule has 0 atom stereocenters. The van der Waals surface area contributed by atoms with Gasteiger partial charge in [0.05, 0.1) is 12.2 Å². The van der Waals surface area contributed by atoms with Crippen LogP contribution in [0, 0.1) is 5.92 Å². The summed E-state index contributed by atoms with van der Waals surface area (Å²) in [6.45, 7) is 2.50. The van der Waals surface area contributed by atoms with Crippen LogP contribution in [0.4, 0.5) is 0 Å². The average Bonchev–Trinajstić information content (AvgIpc) is 3.36. The summed E-state index contributed by atoms with van der Waals surface area (Å²) in [4.78, 5) is 30.6. The maximum Gasteiger partial charge on any atom is 0.272 e. The first kappa shape index (κ1) is 16.7. The number of fused-ring (bicyclic) bond motifs is 1. The number of hydrogen-bond acceptors (Lipinski definition) is 4. The van der Waals surface area contributed by atoms with Gasteiger partial charge in [0.25, 0.3) is 5.91 Å². The molecule has 2 aliphatic rings. The minimum absolute atomic E-state index is 0.0370. The van der Waals surface area contributed by atoms with Gasteiger partial charge in [0, 0.05) is 20.1 Å². The number of amides is 2. The number of aromatic nitrogens is 2. The van der Waals surface area contributed by atoms with E-state index in [1.807, 2.05) is 6.08 Å². The molecule has 7 heteroatoms. The number of imidazole rings is 1. The second-order valence-electron chi connectivity index (χ2n) is 6.56. The van der Waals surface area contributed by atoms with E-state index in [1.165, 1.54) is 12.8 Å². The van der Waals surface area contributed by atoms with E-state index in [2.05, 4.69) is 38.2 Å². The number of carbonyl (C=O) groups excluding carboxylic acids is 2. The predicted octanol–water partition coefficient (Wildman–Crippen LogP) is 0.618. The Hall–Kier alpha value is -2.15. The van der Waals surface area contributed by atoms with Crippen LogP contribution in [0.15, 0.2) is 6.08 Å². The highest BCUT2D eigenvalue weighted by atomic mass is 16.2. The number of rotatable bonds is 5. The smallest absolute Gasteiger partial charge is 0.272 e. The van der Waals surface area contributed by atoms with Crippen molar-refractivity contribution in [1.29, 1.82) is 0 Å². The van der Waals surface area contributed by atoms with Crippen molar-refractivity contribution in [3.05, 3.63) is 23.3 Å². The fourth-order valence-corrected chi connectivity index (χ4v) is 2.90. The summed E-state index contributed by atoms with van der Waals surface area (Å²) in [6.07, 6.45) is 7.75. The molecule has 1 aliphatic heterocycles. The van der Waals surface area contributed by atoms with Crippen LogP contribution in [0.2, 0.25) is 0 Å². The Morgan fingerprint density at radius 1 is 1.33 bits per heavy atom. The summed E-state index contributed by atoms with van der Waals surface area (Å²) in [6, 6.07) is 0. The molecule has 2 amide bonds. The highest BCUT2D eigenvalue weighted by Crippen LogP contribution is 2.31. The van der Waals surface area contributed by atoms with E-state index >= 15 is 0 Å². The quantitative estimate of drug-likeness (QED) is 0.829. The van der Waals surface area contributed by atoms with Crippen molar-refractivity contribution < 1.29 is 9.59 Å². The number of hydrogen-bond donors (Lipinski definition) is 2.